The van der Waals surface area contributed by atoms with Crippen LogP contribution in [0.1, 0.15) is 23.1 Å². The lowest BCUT2D eigenvalue weighted by atomic mass is 10.0. The number of aliphatic hydroxyl groups excluding tert-OH is 1. The molecule has 0 aliphatic carbocycles. The van der Waals surface area contributed by atoms with Crippen LogP contribution in [0.4, 0.5) is 0 Å². The van der Waals surface area contributed by atoms with Gasteiger partial charge in [-0.05, 0) is 36.8 Å². The molecule has 0 aliphatic rings. The van der Waals surface area contributed by atoms with Crippen molar-refractivity contribution in [2.24, 2.45) is 7.05 Å². The number of aliphatic hydroxyl groups is 1. The van der Waals surface area contributed by atoms with Crippen LogP contribution in [0.15, 0.2) is 42.6 Å². The largest absolute Gasteiger partial charge is 0.388 e. The van der Waals surface area contributed by atoms with Gasteiger partial charge in [-0.1, -0.05) is 12.1 Å². The smallest absolute Gasteiger partial charge is 0.0845 e. The summed E-state index contributed by atoms with van der Waals surface area (Å²) < 4.78 is 1.82. The Labute approximate surface area is 117 Å². The zero-order chi connectivity index (χ0) is 14.1. The summed E-state index contributed by atoms with van der Waals surface area (Å²) in [5.74, 6) is 0. The number of hydrogen-bond donors (Lipinski definition) is 1. The summed E-state index contributed by atoms with van der Waals surface area (Å²) in [6.45, 7) is 1.96. The first-order valence-corrected chi connectivity index (χ1v) is 6.66. The summed E-state index contributed by atoms with van der Waals surface area (Å²) in [6, 6.07) is 11.8. The Morgan fingerprint density at radius 2 is 2.10 bits per heavy atom. The highest BCUT2D eigenvalue weighted by Crippen LogP contribution is 2.22. The number of nitrogens with zero attached hydrogens (tertiary/aromatic N) is 3. The molecular weight excluding hydrogens is 250 g/mol. The van der Waals surface area contributed by atoms with E-state index in [1.165, 1.54) is 0 Å². The van der Waals surface area contributed by atoms with E-state index in [-0.39, 0.29) is 0 Å². The highest BCUT2D eigenvalue weighted by molar-refractivity contribution is 5.79. The van der Waals surface area contributed by atoms with Gasteiger partial charge < -0.3 is 5.11 Å². The van der Waals surface area contributed by atoms with Gasteiger partial charge in [-0.2, -0.15) is 5.10 Å². The molecule has 0 fully saturated rings. The molecule has 3 rings (SSSR count). The standard InChI is InChI=1S/C16H17N3O/c1-11-8-14(19(2)18-11)10-16(20)13-5-6-15-12(9-13)4-3-7-17-15/h3-9,16,20H,10H2,1-2H3. The number of pyridine rings is 1. The van der Waals surface area contributed by atoms with Crippen LogP contribution in [-0.2, 0) is 13.5 Å². The maximum atomic E-state index is 10.4. The second-order valence-corrected chi connectivity index (χ2v) is 5.08. The minimum atomic E-state index is -0.533. The fourth-order valence-corrected chi connectivity index (χ4v) is 2.47. The van der Waals surface area contributed by atoms with E-state index in [2.05, 4.69) is 10.1 Å². The molecule has 20 heavy (non-hydrogen) atoms. The molecule has 0 radical (unpaired) electrons. The third kappa shape index (κ3) is 2.42. The van der Waals surface area contributed by atoms with Crippen LogP contribution in [0.3, 0.4) is 0 Å². The van der Waals surface area contributed by atoms with E-state index >= 15 is 0 Å². The molecule has 3 aromatic rings. The molecule has 1 aromatic carbocycles. The van der Waals surface area contributed by atoms with E-state index < -0.39 is 6.10 Å². The molecule has 0 aliphatic heterocycles. The van der Waals surface area contributed by atoms with E-state index in [4.69, 9.17) is 0 Å². The van der Waals surface area contributed by atoms with Gasteiger partial charge in [0.25, 0.3) is 0 Å². The second kappa shape index (κ2) is 5.06. The van der Waals surface area contributed by atoms with Crippen molar-refractivity contribution in [1.82, 2.24) is 14.8 Å². The molecule has 1 N–H and O–H groups in total. The van der Waals surface area contributed by atoms with Crippen molar-refractivity contribution in [3.8, 4) is 0 Å². The Morgan fingerprint density at radius 3 is 2.85 bits per heavy atom. The monoisotopic (exact) mass is 267 g/mol. The summed E-state index contributed by atoms with van der Waals surface area (Å²) >= 11 is 0. The summed E-state index contributed by atoms with van der Waals surface area (Å²) in [6.07, 6.45) is 1.80. The van der Waals surface area contributed by atoms with Crippen molar-refractivity contribution >= 4 is 10.9 Å². The Morgan fingerprint density at radius 1 is 1.25 bits per heavy atom. The van der Waals surface area contributed by atoms with Gasteiger partial charge in [0, 0.05) is 30.7 Å². The van der Waals surface area contributed by atoms with Crippen LogP contribution < -0.4 is 0 Å². The molecule has 0 spiro atoms. The molecule has 4 nitrogen and oxygen atoms in total. The third-order valence-corrected chi connectivity index (χ3v) is 3.51. The van der Waals surface area contributed by atoms with Crippen LogP contribution in [0.25, 0.3) is 10.9 Å². The summed E-state index contributed by atoms with van der Waals surface area (Å²) in [5, 5.41) is 15.8. The first kappa shape index (κ1) is 12.8. The van der Waals surface area contributed by atoms with Gasteiger partial charge in [0.2, 0.25) is 0 Å². The van der Waals surface area contributed by atoms with Crippen molar-refractivity contribution in [1.29, 1.82) is 0 Å². The normalized spacial score (nSPS) is 12.8. The van der Waals surface area contributed by atoms with Crippen LogP contribution >= 0.6 is 0 Å². The number of rotatable bonds is 3. The molecule has 0 amide bonds. The summed E-state index contributed by atoms with van der Waals surface area (Å²) in [7, 11) is 1.90. The van der Waals surface area contributed by atoms with E-state index in [1.54, 1.807) is 6.20 Å². The molecule has 102 valence electrons. The SMILES string of the molecule is Cc1cc(CC(O)c2ccc3ncccc3c2)n(C)n1. The zero-order valence-corrected chi connectivity index (χ0v) is 11.6. The maximum Gasteiger partial charge on any atom is 0.0845 e. The topological polar surface area (TPSA) is 50.9 Å². The third-order valence-electron chi connectivity index (χ3n) is 3.51. The van der Waals surface area contributed by atoms with Crippen LogP contribution in [-0.4, -0.2) is 19.9 Å². The average molecular weight is 267 g/mol. The predicted molar refractivity (Wildman–Crippen MR) is 78.4 cm³/mol. The van der Waals surface area contributed by atoms with Crippen molar-refractivity contribution < 1.29 is 5.11 Å². The molecule has 4 heteroatoms. The molecular formula is C16H17N3O. The fourth-order valence-electron chi connectivity index (χ4n) is 2.47. The summed E-state index contributed by atoms with van der Waals surface area (Å²) in [4.78, 5) is 4.29. The number of benzene rings is 1. The van der Waals surface area contributed by atoms with Gasteiger partial charge in [-0.15, -0.1) is 0 Å². The zero-order valence-electron chi connectivity index (χ0n) is 11.6. The van der Waals surface area contributed by atoms with Crippen LogP contribution in [0.2, 0.25) is 0 Å². The van der Waals surface area contributed by atoms with E-state index in [0.717, 1.165) is 27.9 Å². The van der Waals surface area contributed by atoms with Crippen molar-refractivity contribution in [2.75, 3.05) is 0 Å². The van der Waals surface area contributed by atoms with Crippen molar-refractivity contribution in [2.45, 2.75) is 19.4 Å². The number of aryl methyl sites for hydroxylation is 2. The first-order valence-electron chi connectivity index (χ1n) is 6.66. The van der Waals surface area contributed by atoms with Crippen LogP contribution in [0.5, 0.6) is 0 Å². The van der Waals surface area contributed by atoms with Gasteiger partial charge >= 0.3 is 0 Å². The van der Waals surface area contributed by atoms with Crippen LogP contribution in [0, 0.1) is 6.92 Å². The summed E-state index contributed by atoms with van der Waals surface area (Å²) in [5.41, 5.74) is 3.85. The first-order chi connectivity index (χ1) is 9.63. The lowest BCUT2D eigenvalue weighted by Gasteiger charge is -2.12. The lowest BCUT2D eigenvalue weighted by molar-refractivity contribution is 0.176. The molecule has 1 atom stereocenters. The molecule has 0 saturated carbocycles. The van der Waals surface area contributed by atoms with E-state index in [1.807, 2.05) is 55.1 Å². The molecule has 2 heterocycles. The van der Waals surface area contributed by atoms with Gasteiger partial charge in [0.05, 0.1) is 17.3 Å². The molecule has 2 aromatic heterocycles. The Bertz CT molecular complexity index is 748. The van der Waals surface area contributed by atoms with Gasteiger partial charge in [0.1, 0.15) is 0 Å². The highest BCUT2D eigenvalue weighted by Gasteiger charge is 2.12. The maximum absolute atomic E-state index is 10.4. The minimum absolute atomic E-state index is 0.533. The number of fused-ring (bicyclic) bond motifs is 1. The Kier molecular flexibility index (Phi) is 3.24. The fraction of sp³-hybridized carbons (Fsp3) is 0.250. The van der Waals surface area contributed by atoms with Crippen molar-refractivity contribution in [3.63, 3.8) is 0 Å². The average Bonchev–Trinajstić information content (AvgIpc) is 2.76. The molecule has 0 saturated heterocycles. The Hall–Kier alpha value is -2.20. The van der Waals surface area contributed by atoms with Gasteiger partial charge in [0.15, 0.2) is 0 Å². The molecule has 0 bridgehead atoms. The van der Waals surface area contributed by atoms with Gasteiger partial charge in [-0.25, -0.2) is 0 Å². The number of hydrogen-bond acceptors (Lipinski definition) is 3. The minimum Gasteiger partial charge on any atom is -0.388 e. The highest BCUT2D eigenvalue weighted by atomic mass is 16.3. The van der Waals surface area contributed by atoms with E-state index in [0.29, 0.717) is 6.42 Å². The van der Waals surface area contributed by atoms with Gasteiger partial charge in [-0.3, -0.25) is 9.67 Å². The quantitative estimate of drug-likeness (QED) is 0.793. The lowest BCUT2D eigenvalue weighted by Crippen LogP contribution is -2.06. The number of aromatic nitrogens is 3. The van der Waals surface area contributed by atoms with Crippen molar-refractivity contribution in [3.05, 3.63) is 59.5 Å². The van der Waals surface area contributed by atoms with E-state index in [9.17, 15) is 5.11 Å². The second-order valence-electron chi connectivity index (χ2n) is 5.08. The predicted octanol–water partition coefficient (Wildman–Crippen LogP) is 2.55. The molecule has 1 unspecified atom stereocenters. The Balaban J connectivity index is 1.88.